The standard InChI is InChI=1S/C8H7BN2/c1-5-2-8-6(3-7(5)9)4-10-11-8/h2-4H,1H3,(H,10,11). The molecule has 0 bridgehead atoms. The summed E-state index contributed by atoms with van der Waals surface area (Å²) in [7, 11) is 5.70. The highest BCUT2D eigenvalue weighted by Gasteiger charge is 1.97. The summed E-state index contributed by atoms with van der Waals surface area (Å²) in [6.45, 7) is 1.98. The first-order valence-electron chi connectivity index (χ1n) is 3.46. The SMILES string of the molecule is [B]c1cc2cn[nH]c2cc1C. The zero-order chi connectivity index (χ0) is 7.84. The van der Waals surface area contributed by atoms with Crippen LogP contribution in [0.25, 0.3) is 10.9 Å². The molecule has 0 aliphatic carbocycles. The fraction of sp³-hybridized carbons (Fsp3) is 0.125. The van der Waals surface area contributed by atoms with Crippen molar-refractivity contribution in [3.05, 3.63) is 23.9 Å². The average molecular weight is 142 g/mol. The number of benzene rings is 1. The van der Waals surface area contributed by atoms with E-state index in [1.807, 2.05) is 19.1 Å². The molecule has 0 atom stereocenters. The summed E-state index contributed by atoms with van der Waals surface area (Å²) in [5.74, 6) is 0. The van der Waals surface area contributed by atoms with Gasteiger partial charge in [0.05, 0.1) is 11.7 Å². The highest BCUT2D eigenvalue weighted by molar-refractivity contribution is 6.34. The van der Waals surface area contributed by atoms with Gasteiger partial charge in [-0.15, -0.1) is 0 Å². The Balaban J connectivity index is 2.86. The van der Waals surface area contributed by atoms with Gasteiger partial charge in [0.1, 0.15) is 7.85 Å². The van der Waals surface area contributed by atoms with Crippen molar-refractivity contribution < 1.29 is 0 Å². The minimum Gasteiger partial charge on any atom is -0.278 e. The molecule has 0 saturated heterocycles. The zero-order valence-electron chi connectivity index (χ0n) is 6.26. The first kappa shape index (κ1) is 6.46. The third kappa shape index (κ3) is 0.927. The molecule has 0 saturated carbocycles. The highest BCUT2D eigenvalue weighted by Crippen LogP contribution is 2.09. The molecule has 11 heavy (non-hydrogen) atoms. The lowest BCUT2D eigenvalue weighted by Crippen LogP contribution is -2.05. The molecule has 0 aliphatic rings. The van der Waals surface area contributed by atoms with Crippen LogP contribution in [-0.4, -0.2) is 18.0 Å². The Morgan fingerprint density at radius 1 is 1.45 bits per heavy atom. The molecule has 0 fully saturated rings. The first-order valence-corrected chi connectivity index (χ1v) is 3.46. The van der Waals surface area contributed by atoms with Crippen molar-refractivity contribution in [2.45, 2.75) is 6.92 Å². The lowest BCUT2D eigenvalue weighted by Gasteiger charge is -1.97. The van der Waals surface area contributed by atoms with Gasteiger partial charge in [-0.3, -0.25) is 5.10 Å². The minimum absolute atomic E-state index is 0.818. The van der Waals surface area contributed by atoms with Crippen LogP contribution in [0.4, 0.5) is 0 Å². The fourth-order valence-corrected chi connectivity index (χ4v) is 1.12. The van der Waals surface area contributed by atoms with Crippen LogP contribution >= 0.6 is 0 Å². The Morgan fingerprint density at radius 2 is 2.27 bits per heavy atom. The maximum absolute atomic E-state index is 5.70. The lowest BCUT2D eigenvalue weighted by molar-refractivity contribution is 1.12. The molecular weight excluding hydrogens is 135 g/mol. The van der Waals surface area contributed by atoms with Crippen molar-refractivity contribution in [3.8, 4) is 0 Å². The van der Waals surface area contributed by atoms with E-state index in [2.05, 4.69) is 10.2 Å². The van der Waals surface area contributed by atoms with Gasteiger partial charge in [-0.25, -0.2) is 0 Å². The maximum Gasteiger partial charge on any atom is 0.114 e. The Kier molecular flexibility index (Phi) is 1.25. The number of nitrogens with one attached hydrogen (secondary N) is 1. The van der Waals surface area contributed by atoms with Gasteiger partial charge in [0.15, 0.2) is 0 Å². The van der Waals surface area contributed by atoms with Crippen molar-refractivity contribution >= 4 is 24.2 Å². The Bertz CT molecular complexity index is 356. The summed E-state index contributed by atoms with van der Waals surface area (Å²) in [6.07, 6.45) is 1.77. The van der Waals surface area contributed by atoms with Crippen LogP contribution in [0.5, 0.6) is 0 Å². The molecule has 1 N–H and O–H groups in total. The first-order chi connectivity index (χ1) is 5.27. The van der Waals surface area contributed by atoms with Crippen molar-refractivity contribution in [1.82, 2.24) is 10.2 Å². The molecule has 2 aromatic rings. The molecule has 0 amide bonds. The fourth-order valence-electron chi connectivity index (χ4n) is 1.12. The van der Waals surface area contributed by atoms with Crippen molar-refractivity contribution in [3.63, 3.8) is 0 Å². The molecule has 1 aromatic carbocycles. The van der Waals surface area contributed by atoms with E-state index in [4.69, 9.17) is 7.85 Å². The number of nitrogens with zero attached hydrogens (tertiary/aromatic N) is 1. The number of hydrogen-bond acceptors (Lipinski definition) is 1. The van der Waals surface area contributed by atoms with E-state index in [1.165, 1.54) is 0 Å². The summed E-state index contributed by atoms with van der Waals surface area (Å²) in [6, 6.07) is 3.92. The molecule has 0 unspecified atom stereocenters. The van der Waals surface area contributed by atoms with Crippen LogP contribution in [-0.2, 0) is 0 Å². The Hall–Kier alpha value is -1.25. The molecule has 1 aromatic heterocycles. The number of aryl methyl sites for hydroxylation is 1. The maximum atomic E-state index is 5.70. The molecule has 3 heteroatoms. The molecule has 52 valence electrons. The quantitative estimate of drug-likeness (QED) is 0.538. The topological polar surface area (TPSA) is 28.7 Å². The van der Waals surface area contributed by atoms with Gasteiger partial charge in [0.25, 0.3) is 0 Å². The lowest BCUT2D eigenvalue weighted by atomic mass is 9.90. The van der Waals surface area contributed by atoms with Crippen LogP contribution in [0, 0.1) is 6.92 Å². The zero-order valence-corrected chi connectivity index (χ0v) is 6.26. The summed E-state index contributed by atoms with van der Waals surface area (Å²) >= 11 is 0. The third-order valence-corrected chi connectivity index (χ3v) is 1.83. The van der Waals surface area contributed by atoms with E-state index >= 15 is 0 Å². The van der Waals surface area contributed by atoms with Crippen molar-refractivity contribution in [2.24, 2.45) is 0 Å². The monoisotopic (exact) mass is 142 g/mol. The van der Waals surface area contributed by atoms with Crippen molar-refractivity contribution in [2.75, 3.05) is 0 Å². The predicted molar refractivity (Wildman–Crippen MR) is 46.2 cm³/mol. The van der Waals surface area contributed by atoms with Gasteiger partial charge in [-0.05, 0) is 13.0 Å². The predicted octanol–water partition coefficient (Wildman–Crippen LogP) is 0.665. The van der Waals surface area contributed by atoms with Gasteiger partial charge >= 0.3 is 0 Å². The smallest absolute Gasteiger partial charge is 0.114 e. The van der Waals surface area contributed by atoms with Crippen LogP contribution in [0.2, 0.25) is 0 Å². The largest absolute Gasteiger partial charge is 0.278 e. The molecule has 2 rings (SSSR count). The average Bonchev–Trinajstić information content (AvgIpc) is 2.36. The van der Waals surface area contributed by atoms with Gasteiger partial charge in [-0.2, -0.15) is 5.10 Å². The van der Waals surface area contributed by atoms with Gasteiger partial charge in [0, 0.05) is 5.39 Å². The van der Waals surface area contributed by atoms with Crippen LogP contribution in [0.1, 0.15) is 5.56 Å². The molecule has 1 heterocycles. The van der Waals surface area contributed by atoms with E-state index in [-0.39, 0.29) is 0 Å². The van der Waals surface area contributed by atoms with E-state index in [0.29, 0.717) is 0 Å². The second-order valence-corrected chi connectivity index (χ2v) is 2.67. The molecule has 2 radical (unpaired) electrons. The van der Waals surface area contributed by atoms with Gasteiger partial charge in [-0.1, -0.05) is 17.1 Å². The number of rotatable bonds is 0. The Labute approximate surface area is 66.0 Å². The van der Waals surface area contributed by atoms with E-state index in [0.717, 1.165) is 21.9 Å². The molecular formula is C8H7BN2. The van der Waals surface area contributed by atoms with Crippen molar-refractivity contribution in [1.29, 1.82) is 0 Å². The number of H-pyrrole nitrogens is 1. The third-order valence-electron chi connectivity index (χ3n) is 1.83. The number of hydrogen-bond donors (Lipinski definition) is 1. The Morgan fingerprint density at radius 3 is 3.09 bits per heavy atom. The van der Waals surface area contributed by atoms with Gasteiger partial charge < -0.3 is 0 Å². The normalized spacial score (nSPS) is 10.6. The summed E-state index contributed by atoms with van der Waals surface area (Å²) in [5.41, 5.74) is 2.94. The van der Waals surface area contributed by atoms with Crippen LogP contribution in [0.15, 0.2) is 18.3 Å². The van der Waals surface area contributed by atoms with E-state index < -0.39 is 0 Å². The second kappa shape index (κ2) is 2.12. The highest BCUT2D eigenvalue weighted by atomic mass is 15.1. The number of aromatic amines is 1. The van der Waals surface area contributed by atoms with Gasteiger partial charge in [0.2, 0.25) is 0 Å². The van der Waals surface area contributed by atoms with E-state index in [1.54, 1.807) is 6.20 Å². The van der Waals surface area contributed by atoms with E-state index in [9.17, 15) is 0 Å². The summed E-state index contributed by atoms with van der Waals surface area (Å²) in [5, 5.41) is 7.85. The van der Waals surface area contributed by atoms with Crippen LogP contribution in [0.3, 0.4) is 0 Å². The number of fused-ring (bicyclic) bond motifs is 1. The molecule has 0 aliphatic heterocycles. The minimum atomic E-state index is 0.818. The summed E-state index contributed by atoms with van der Waals surface area (Å²) < 4.78 is 0. The molecule has 0 spiro atoms. The summed E-state index contributed by atoms with van der Waals surface area (Å²) in [4.78, 5) is 0. The second-order valence-electron chi connectivity index (χ2n) is 2.67. The van der Waals surface area contributed by atoms with Crippen LogP contribution < -0.4 is 5.46 Å². The molecule has 2 nitrogen and oxygen atoms in total. The number of aromatic nitrogens is 2.